The van der Waals surface area contributed by atoms with E-state index >= 15 is 0 Å². The highest BCUT2D eigenvalue weighted by Crippen LogP contribution is 2.19. The first kappa shape index (κ1) is 15.0. The fraction of sp³-hybridized carbons (Fsp3) is 0.188. The summed E-state index contributed by atoms with van der Waals surface area (Å²) < 4.78 is 26.6. The number of hydrogen-bond acceptors (Lipinski definition) is 2. The van der Waals surface area contributed by atoms with Crippen LogP contribution in [0.4, 0.5) is 20.2 Å². The molecular formula is C16H16F2N2O. The molecule has 0 atom stereocenters. The number of amides is 1. The topological polar surface area (TPSA) is 41.1 Å². The van der Waals surface area contributed by atoms with E-state index in [-0.39, 0.29) is 5.69 Å². The normalized spacial score (nSPS) is 10.3. The summed E-state index contributed by atoms with van der Waals surface area (Å²) in [5.74, 6) is -1.76. The number of rotatable bonds is 4. The molecule has 2 rings (SSSR count). The van der Waals surface area contributed by atoms with Crippen LogP contribution in [0.15, 0.2) is 36.4 Å². The zero-order valence-corrected chi connectivity index (χ0v) is 11.8. The van der Waals surface area contributed by atoms with E-state index < -0.39 is 17.5 Å². The van der Waals surface area contributed by atoms with Crippen molar-refractivity contribution < 1.29 is 13.6 Å². The number of benzene rings is 2. The lowest BCUT2D eigenvalue weighted by molar-refractivity contribution is 0.102. The second-order valence-electron chi connectivity index (χ2n) is 4.64. The first-order chi connectivity index (χ1) is 10.0. The van der Waals surface area contributed by atoms with Crippen LogP contribution in [-0.2, 0) is 0 Å². The number of halogens is 2. The Morgan fingerprint density at radius 1 is 1.10 bits per heavy atom. The molecule has 0 aliphatic heterocycles. The van der Waals surface area contributed by atoms with Crippen molar-refractivity contribution in [2.75, 3.05) is 17.2 Å². The van der Waals surface area contributed by atoms with Gasteiger partial charge in [-0.1, -0.05) is 0 Å². The Labute approximate surface area is 122 Å². The summed E-state index contributed by atoms with van der Waals surface area (Å²) >= 11 is 0. The second kappa shape index (κ2) is 6.35. The highest BCUT2D eigenvalue weighted by atomic mass is 19.1. The summed E-state index contributed by atoms with van der Waals surface area (Å²) in [4.78, 5) is 12.1. The number of aryl methyl sites for hydroxylation is 1. The van der Waals surface area contributed by atoms with Crippen molar-refractivity contribution in [3.63, 3.8) is 0 Å². The van der Waals surface area contributed by atoms with E-state index in [2.05, 4.69) is 10.6 Å². The minimum Gasteiger partial charge on any atom is -0.385 e. The molecule has 3 nitrogen and oxygen atoms in total. The Hall–Kier alpha value is -2.43. The third-order valence-electron chi connectivity index (χ3n) is 3.03. The second-order valence-corrected chi connectivity index (χ2v) is 4.64. The predicted octanol–water partition coefficient (Wildman–Crippen LogP) is 3.96. The molecule has 2 aromatic rings. The van der Waals surface area contributed by atoms with E-state index in [1.807, 2.05) is 13.8 Å². The first-order valence-corrected chi connectivity index (χ1v) is 6.62. The van der Waals surface area contributed by atoms with Gasteiger partial charge in [0.15, 0.2) is 0 Å². The zero-order valence-electron chi connectivity index (χ0n) is 11.8. The lowest BCUT2D eigenvalue weighted by atomic mass is 10.1. The molecule has 0 saturated carbocycles. The van der Waals surface area contributed by atoms with Crippen molar-refractivity contribution >= 4 is 17.3 Å². The number of hydrogen-bond donors (Lipinski definition) is 2. The Balaban J connectivity index is 2.20. The van der Waals surface area contributed by atoms with Gasteiger partial charge >= 0.3 is 0 Å². The van der Waals surface area contributed by atoms with Crippen LogP contribution < -0.4 is 10.6 Å². The van der Waals surface area contributed by atoms with Crippen LogP contribution in [-0.4, -0.2) is 12.5 Å². The van der Waals surface area contributed by atoms with Gasteiger partial charge in [0.25, 0.3) is 5.91 Å². The molecule has 0 saturated heterocycles. The van der Waals surface area contributed by atoms with Crippen LogP contribution in [0.25, 0.3) is 0 Å². The molecular weight excluding hydrogens is 274 g/mol. The van der Waals surface area contributed by atoms with Gasteiger partial charge in [-0.15, -0.1) is 0 Å². The van der Waals surface area contributed by atoms with Crippen LogP contribution >= 0.6 is 0 Å². The van der Waals surface area contributed by atoms with Crippen molar-refractivity contribution in [2.45, 2.75) is 13.8 Å². The molecule has 1 amide bonds. The van der Waals surface area contributed by atoms with Crippen LogP contribution in [0.1, 0.15) is 22.8 Å². The van der Waals surface area contributed by atoms with Crippen molar-refractivity contribution in [2.24, 2.45) is 0 Å². The molecule has 0 bridgehead atoms. The predicted molar refractivity (Wildman–Crippen MR) is 79.7 cm³/mol. The monoisotopic (exact) mass is 290 g/mol. The quantitative estimate of drug-likeness (QED) is 0.895. The lowest BCUT2D eigenvalue weighted by Gasteiger charge is -2.10. The summed E-state index contributed by atoms with van der Waals surface area (Å²) in [6.45, 7) is 4.63. The zero-order chi connectivity index (χ0) is 15.4. The number of carbonyl (C=O) groups is 1. The average molecular weight is 290 g/mol. The SMILES string of the molecule is CCNc1ccc(C(=O)Nc2cc(F)ccc2F)cc1C. The van der Waals surface area contributed by atoms with Gasteiger partial charge < -0.3 is 10.6 Å². The van der Waals surface area contributed by atoms with Crippen molar-refractivity contribution in [1.29, 1.82) is 0 Å². The van der Waals surface area contributed by atoms with E-state index in [0.29, 0.717) is 5.56 Å². The molecule has 21 heavy (non-hydrogen) atoms. The van der Waals surface area contributed by atoms with Crippen molar-refractivity contribution in [3.05, 3.63) is 59.2 Å². The molecule has 0 unspecified atom stereocenters. The van der Waals surface area contributed by atoms with Gasteiger partial charge in [-0.25, -0.2) is 8.78 Å². The van der Waals surface area contributed by atoms with Gasteiger partial charge in [0.2, 0.25) is 0 Å². The Morgan fingerprint density at radius 2 is 1.86 bits per heavy atom. The number of anilines is 2. The number of carbonyl (C=O) groups excluding carboxylic acids is 1. The Bertz CT molecular complexity index is 671. The maximum atomic E-state index is 13.5. The maximum absolute atomic E-state index is 13.5. The van der Waals surface area contributed by atoms with Gasteiger partial charge in [0.05, 0.1) is 5.69 Å². The summed E-state index contributed by atoms with van der Waals surface area (Å²) in [6, 6.07) is 8.05. The first-order valence-electron chi connectivity index (χ1n) is 6.62. The summed E-state index contributed by atoms with van der Waals surface area (Å²) in [6.07, 6.45) is 0. The molecule has 0 radical (unpaired) electrons. The van der Waals surface area contributed by atoms with Crippen LogP contribution in [0.3, 0.4) is 0 Å². The molecule has 0 fully saturated rings. The molecule has 0 spiro atoms. The molecule has 110 valence electrons. The smallest absolute Gasteiger partial charge is 0.255 e. The number of nitrogens with one attached hydrogen (secondary N) is 2. The largest absolute Gasteiger partial charge is 0.385 e. The molecule has 2 aromatic carbocycles. The van der Waals surface area contributed by atoms with E-state index in [0.717, 1.165) is 36.0 Å². The fourth-order valence-corrected chi connectivity index (χ4v) is 1.98. The van der Waals surface area contributed by atoms with E-state index in [4.69, 9.17) is 0 Å². The van der Waals surface area contributed by atoms with Crippen LogP contribution in [0.2, 0.25) is 0 Å². The molecule has 0 heterocycles. The summed E-state index contributed by atoms with van der Waals surface area (Å²) in [5, 5.41) is 5.54. The van der Waals surface area contributed by atoms with E-state index in [1.165, 1.54) is 0 Å². The van der Waals surface area contributed by atoms with Gasteiger partial charge in [-0.05, 0) is 49.7 Å². The minimum absolute atomic E-state index is 0.173. The maximum Gasteiger partial charge on any atom is 0.255 e. The van der Waals surface area contributed by atoms with Gasteiger partial charge in [-0.2, -0.15) is 0 Å². The van der Waals surface area contributed by atoms with Crippen molar-refractivity contribution in [3.8, 4) is 0 Å². The molecule has 5 heteroatoms. The fourth-order valence-electron chi connectivity index (χ4n) is 1.98. The van der Waals surface area contributed by atoms with Crippen LogP contribution in [0.5, 0.6) is 0 Å². The molecule has 0 aliphatic carbocycles. The average Bonchev–Trinajstić information content (AvgIpc) is 2.45. The highest BCUT2D eigenvalue weighted by Gasteiger charge is 2.11. The van der Waals surface area contributed by atoms with Gasteiger partial charge in [-0.3, -0.25) is 4.79 Å². The van der Waals surface area contributed by atoms with Crippen LogP contribution in [0, 0.1) is 18.6 Å². The lowest BCUT2D eigenvalue weighted by Crippen LogP contribution is -2.13. The highest BCUT2D eigenvalue weighted by molar-refractivity contribution is 6.04. The molecule has 0 aliphatic rings. The van der Waals surface area contributed by atoms with Crippen molar-refractivity contribution in [1.82, 2.24) is 0 Å². The van der Waals surface area contributed by atoms with E-state index in [9.17, 15) is 13.6 Å². The standard InChI is InChI=1S/C16H16F2N2O/c1-3-19-14-7-4-11(8-10(14)2)16(21)20-15-9-12(17)5-6-13(15)18/h4-9,19H,3H2,1-2H3,(H,20,21). The molecule has 2 N–H and O–H groups in total. The third kappa shape index (κ3) is 3.56. The van der Waals surface area contributed by atoms with Gasteiger partial charge in [0.1, 0.15) is 11.6 Å². The summed E-state index contributed by atoms with van der Waals surface area (Å²) in [5.41, 5.74) is 2.06. The van der Waals surface area contributed by atoms with Gasteiger partial charge in [0, 0.05) is 23.9 Å². The van der Waals surface area contributed by atoms with E-state index in [1.54, 1.807) is 18.2 Å². The summed E-state index contributed by atoms with van der Waals surface area (Å²) in [7, 11) is 0. The Kier molecular flexibility index (Phi) is 4.52. The third-order valence-corrected chi connectivity index (χ3v) is 3.03. The Morgan fingerprint density at radius 3 is 2.52 bits per heavy atom. The minimum atomic E-state index is -0.675. The molecule has 0 aromatic heterocycles.